The molecule has 0 unspecified atom stereocenters. The van der Waals surface area contributed by atoms with Crippen molar-refractivity contribution in [2.24, 2.45) is 5.92 Å². The second-order valence-electron chi connectivity index (χ2n) is 7.22. The first-order chi connectivity index (χ1) is 10.1. The van der Waals surface area contributed by atoms with Crippen LogP contribution in [-0.2, 0) is 6.54 Å². The van der Waals surface area contributed by atoms with Crippen molar-refractivity contribution in [2.75, 3.05) is 19.6 Å². The van der Waals surface area contributed by atoms with Gasteiger partial charge in [-0.1, -0.05) is 0 Å². The quantitative estimate of drug-likeness (QED) is 0.874. The molecule has 0 radical (unpaired) electrons. The van der Waals surface area contributed by atoms with Crippen molar-refractivity contribution in [2.45, 2.75) is 65.1 Å². The van der Waals surface area contributed by atoms with Crippen LogP contribution in [0.25, 0.3) is 0 Å². The molecule has 0 spiro atoms. The van der Waals surface area contributed by atoms with Crippen LogP contribution in [0.3, 0.4) is 0 Å². The fraction of sp³-hybridized carbons (Fsp3) is 0.824. The lowest BCUT2D eigenvalue weighted by Gasteiger charge is -2.32. The first-order valence-corrected chi connectivity index (χ1v) is 8.62. The summed E-state index contributed by atoms with van der Waals surface area (Å²) in [6, 6.07) is 1.20. The Morgan fingerprint density at radius 1 is 1.24 bits per heavy atom. The Balaban J connectivity index is 1.46. The third-order valence-electron chi connectivity index (χ3n) is 4.92. The predicted octanol–water partition coefficient (Wildman–Crippen LogP) is 2.74. The summed E-state index contributed by atoms with van der Waals surface area (Å²) in [6.07, 6.45) is 7.72. The fourth-order valence-corrected chi connectivity index (χ4v) is 3.13. The third-order valence-corrected chi connectivity index (χ3v) is 4.92. The minimum atomic E-state index is 0.454. The Bertz CT molecular complexity index is 453. The van der Waals surface area contributed by atoms with Gasteiger partial charge in [0.15, 0.2) is 0 Å². The van der Waals surface area contributed by atoms with Crippen LogP contribution in [0.4, 0.5) is 0 Å². The molecule has 1 aliphatic carbocycles. The molecule has 2 fully saturated rings. The van der Waals surface area contributed by atoms with E-state index in [-0.39, 0.29) is 0 Å². The lowest BCUT2D eigenvalue weighted by atomic mass is 10.0. The Morgan fingerprint density at radius 3 is 2.52 bits per heavy atom. The summed E-state index contributed by atoms with van der Waals surface area (Å²) < 4.78 is 2.09. The number of likely N-dealkylation sites (tertiary alicyclic amines) is 1. The Labute approximate surface area is 128 Å². The molecule has 0 atom stereocenters. The molecule has 2 heterocycles. The van der Waals surface area contributed by atoms with Gasteiger partial charge >= 0.3 is 0 Å². The van der Waals surface area contributed by atoms with Crippen molar-refractivity contribution in [1.82, 2.24) is 20.0 Å². The van der Waals surface area contributed by atoms with E-state index in [4.69, 9.17) is 0 Å². The van der Waals surface area contributed by atoms with Gasteiger partial charge in [0.05, 0.1) is 5.69 Å². The van der Waals surface area contributed by atoms with E-state index in [0.717, 1.165) is 18.5 Å². The van der Waals surface area contributed by atoms with Crippen LogP contribution in [0.1, 0.15) is 56.8 Å². The lowest BCUT2D eigenvalue weighted by Crippen LogP contribution is -2.42. The van der Waals surface area contributed by atoms with Gasteiger partial charge in [0, 0.05) is 30.4 Å². The van der Waals surface area contributed by atoms with E-state index in [1.807, 2.05) is 0 Å². The average Bonchev–Trinajstić information content (AvgIpc) is 3.22. The molecule has 1 aromatic heterocycles. The maximum atomic E-state index is 4.62. The first kappa shape index (κ1) is 15.0. The van der Waals surface area contributed by atoms with Gasteiger partial charge in [-0.05, 0) is 72.0 Å². The smallest absolute Gasteiger partial charge is 0.0638 e. The lowest BCUT2D eigenvalue weighted by molar-refractivity contribution is 0.190. The zero-order chi connectivity index (χ0) is 14.8. The fourth-order valence-electron chi connectivity index (χ4n) is 3.13. The summed E-state index contributed by atoms with van der Waals surface area (Å²) >= 11 is 0. The van der Waals surface area contributed by atoms with E-state index in [1.165, 1.54) is 56.6 Å². The number of nitrogens with zero attached hydrogens (tertiary/aromatic N) is 3. The number of hydrogen-bond donors (Lipinski definition) is 1. The van der Waals surface area contributed by atoms with Crippen LogP contribution in [0.15, 0.2) is 6.20 Å². The molecule has 1 saturated heterocycles. The molecule has 1 aromatic rings. The Hall–Kier alpha value is -0.870. The van der Waals surface area contributed by atoms with Gasteiger partial charge in [-0.25, -0.2) is 0 Å². The monoisotopic (exact) mass is 290 g/mol. The largest absolute Gasteiger partial charge is 0.314 e. The molecule has 0 amide bonds. The van der Waals surface area contributed by atoms with Crippen molar-refractivity contribution in [3.8, 4) is 0 Å². The molecule has 21 heavy (non-hydrogen) atoms. The highest BCUT2D eigenvalue weighted by molar-refractivity contribution is 5.15. The van der Waals surface area contributed by atoms with Crippen LogP contribution in [0.5, 0.6) is 0 Å². The highest BCUT2D eigenvalue weighted by atomic mass is 15.3. The van der Waals surface area contributed by atoms with Crippen molar-refractivity contribution in [3.63, 3.8) is 0 Å². The van der Waals surface area contributed by atoms with Crippen LogP contribution in [0.2, 0.25) is 0 Å². The Kier molecular flexibility index (Phi) is 4.65. The molecular formula is C17H30N4. The molecule has 1 aliphatic heterocycles. The van der Waals surface area contributed by atoms with E-state index in [0.29, 0.717) is 6.04 Å². The topological polar surface area (TPSA) is 33.1 Å². The number of nitrogens with one attached hydrogen (secondary N) is 1. The normalized spacial score (nSPS) is 21.3. The van der Waals surface area contributed by atoms with E-state index in [2.05, 4.69) is 47.0 Å². The average molecular weight is 290 g/mol. The van der Waals surface area contributed by atoms with Gasteiger partial charge in [-0.3, -0.25) is 9.58 Å². The minimum Gasteiger partial charge on any atom is -0.314 e. The second-order valence-corrected chi connectivity index (χ2v) is 7.22. The molecule has 118 valence electrons. The molecular weight excluding hydrogens is 260 g/mol. The number of aromatic nitrogens is 2. The minimum absolute atomic E-state index is 0.454. The number of aryl methyl sites for hydroxylation is 1. The molecule has 1 N–H and O–H groups in total. The van der Waals surface area contributed by atoms with Crippen LogP contribution in [-0.4, -0.2) is 40.4 Å². The molecule has 4 nitrogen and oxygen atoms in total. The Morgan fingerprint density at radius 2 is 1.95 bits per heavy atom. The van der Waals surface area contributed by atoms with Crippen LogP contribution < -0.4 is 5.32 Å². The molecule has 0 bridgehead atoms. The summed E-state index contributed by atoms with van der Waals surface area (Å²) in [5.41, 5.74) is 2.59. The van der Waals surface area contributed by atoms with Gasteiger partial charge in [-0.15, -0.1) is 0 Å². The van der Waals surface area contributed by atoms with Crippen LogP contribution in [0, 0.1) is 12.8 Å². The number of rotatable bonds is 6. The molecule has 0 aromatic carbocycles. The van der Waals surface area contributed by atoms with E-state index < -0.39 is 0 Å². The highest BCUT2D eigenvalue weighted by Crippen LogP contribution is 2.28. The summed E-state index contributed by atoms with van der Waals surface area (Å²) in [4.78, 5) is 2.59. The van der Waals surface area contributed by atoms with Crippen molar-refractivity contribution in [3.05, 3.63) is 17.5 Å². The predicted molar refractivity (Wildman–Crippen MR) is 86.4 cm³/mol. The maximum Gasteiger partial charge on any atom is 0.0638 e. The first-order valence-electron chi connectivity index (χ1n) is 8.62. The SMILES string of the molecule is Cc1nn(C(C)C)cc1CN1CCC(NCC2CC2)CC1. The van der Waals surface area contributed by atoms with Gasteiger partial charge in [-0.2, -0.15) is 5.10 Å². The van der Waals surface area contributed by atoms with Gasteiger partial charge in [0.2, 0.25) is 0 Å². The molecule has 1 saturated carbocycles. The summed E-state index contributed by atoms with van der Waals surface area (Å²) in [5.74, 6) is 0.993. The molecule has 3 rings (SSSR count). The standard InChI is InChI=1S/C17H30N4/c1-13(2)21-12-16(14(3)19-21)11-20-8-6-17(7-9-20)18-10-15-4-5-15/h12-13,15,17-18H,4-11H2,1-3H3. The summed E-state index contributed by atoms with van der Waals surface area (Å²) in [7, 11) is 0. The number of piperidine rings is 1. The zero-order valence-electron chi connectivity index (χ0n) is 13.8. The van der Waals surface area contributed by atoms with Crippen LogP contribution >= 0.6 is 0 Å². The highest BCUT2D eigenvalue weighted by Gasteiger charge is 2.24. The summed E-state index contributed by atoms with van der Waals surface area (Å²) in [6.45, 7) is 11.3. The van der Waals surface area contributed by atoms with E-state index in [1.54, 1.807) is 0 Å². The molecule has 4 heteroatoms. The van der Waals surface area contributed by atoms with Crippen molar-refractivity contribution in [1.29, 1.82) is 0 Å². The van der Waals surface area contributed by atoms with E-state index >= 15 is 0 Å². The second kappa shape index (κ2) is 6.49. The van der Waals surface area contributed by atoms with Gasteiger partial charge in [0.25, 0.3) is 0 Å². The molecule has 2 aliphatic rings. The van der Waals surface area contributed by atoms with E-state index in [9.17, 15) is 0 Å². The van der Waals surface area contributed by atoms with Crippen molar-refractivity contribution < 1.29 is 0 Å². The van der Waals surface area contributed by atoms with Gasteiger partial charge < -0.3 is 5.32 Å². The maximum absolute atomic E-state index is 4.62. The third kappa shape index (κ3) is 4.07. The zero-order valence-corrected chi connectivity index (χ0v) is 13.8. The summed E-state index contributed by atoms with van der Waals surface area (Å²) in [5, 5.41) is 8.38. The van der Waals surface area contributed by atoms with Crippen molar-refractivity contribution >= 4 is 0 Å². The van der Waals surface area contributed by atoms with Gasteiger partial charge in [0.1, 0.15) is 0 Å². The number of hydrogen-bond acceptors (Lipinski definition) is 3.